The monoisotopic (exact) mass is 313 g/mol. The molecule has 0 nitrogen and oxygen atoms in total. The van der Waals surface area contributed by atoms with Crippen molar-refractivity contribution in [3.05, 3.63) is 0 Å². The Morgan fingerprint density at radius 1 is 0.381 bits per heavy atom. The van der Waals surface area contributed by atoms with Crippen molar-refractivity contribution in [3.63, 3.8) is 0 Å². The first-order valence-electron chi connectivity index (χ1n) is 10.0. The minimum absolute atomic E-state index is 1.37. The van der Waals surface area contributed by atoms with Crippen molar-refractivity contribution in [2.75, 3.05) is 12.3 Å². The fourth-order valence-corrected chi connectivity index (χ4v) is 3.94. The van der Waals surface area contributed by atoms with Crippen molar-refractivity contribution in [1.82, 2.24) is 0 Å². The lowest BCUT2D eigenvalue weighted by atomic mass is 10.1. The van der Waals surface area contributed by atoms with Crippen LogP contribution in [0.3, 0.4) is 0 Å². The highest BCUT2D eigenvalue weighted by atomic mass is 31.1. The molecule has 0 saturated heterocycles. The van der Waals surface area contributed by atoms with Gasteiger partial charge in [0.15, 0.2) is 0 Å². The Hall–Kier alpha value is 0.430. The lowest BCUT2D eigenvalue weighted by molar-refractivity contribution is 0.573. The van der Waals surface area contributed by atoms with Gasteiger partial charge in [0, 0.05) is 0 Å². The lowest BCUT2D eigenvalue weighted by Crippen LogP contribution is -1.85. The Bertz CT molecular complexity index is 149. The zero-order chi connectivity index (χ0) is 15.4. The summed E-state index contributed by atoms with van der Waals surface area (Å²) in [6.45, 7) is 4.59. The van der Waals surface area contributed by atoms with Gasteiger partial charge in [0.2, 0.25) is 0 Å². The maximum absolute atomic E-state index is 2.30. The zero-order valence-electron chi connectivity index (χ0n) is 15.2. The van der Waals surface area contributed by atoms with Crippen LogP contribution < -0.4 is 0 Å². The molecule has 127 valence electrons. The van der Waals surface area contributed by atoms with Crippen molar-refractivity contribution in [1.29, 1.82) is 0 Å². The van der Waals surface area contributed by atoms with E-state index in [1.807, 2.05) is 0 Å². The fraction of sp³-hybridized carbons (Fsp3) is 1.00. The molecule has 0 aromatic carbocycles. The van der Waals surface area contributed by atoms with Crippen LogP contribution in [0.2, 0.25) is 0 Å². The first-order chi connectivity index (χ1) is 10.4. The molecule has 0 unspecified atom stereocenters. The second-order valence-corrected chi connectivity index (χ2v) is 7.96. The van der Waals surface area contributed by atoms with Crippen LogP contribution in [0, 0.1) is 0 Å². The highest BCUT2D eigenvalue weighted by molar-refractivity contribution is 7.37. The summed E-state index contributed by atoms with van der Waals surface area (Å²) < 4.78 is 0. The van der Waals surface area contributed by atoms with Gasteiger partial charge in [-0.1, -0.05) is 112 Å². The standard InChI is InChI=1S/C20H42P/c1-3-5-7-9-11-12-14-16-18-20-21-19-17-15-13-10-8-6-4-2/h3-20H2,1-2H3. The molecule has 0 aromatic heterocycles. The summed E-state index contributed by atoms with van der Waals surface area (Å²) in [6.07, 6.45) is 26.3. The SMILES string of the molecule is CCCCCCCCCCC[P]CCCCCCCCC. The van der Waals surface area contributed by atoms with Gasteiger partial charge in [-0.3, -0.25) is 0 Å². The van der Waals surface area contributed by atoms with Crippen LogP contribution in [0.25, 0.3) is 0 Å². The van der Waals surface area contributed by atoms with Gasteiger partial charge in [0.1, 0.15) is 0 Å². The molecule has 21 heavy (non-hydrogen) atoms. The second kappa shape index (κ2) is 20.4. The molecule has 0 heterocycles. The third kappa shape index (κ3) is 20.4. The summed E-state index contributed by atoms with van der Waals surface area (Å²) in [5.41, 5.74) is 0. The molecule has 1 radical (unpaired) electrons. The van der Waals surface area contributed by atoms with Gasteiger partial charge in [-0.25, -0.2) is 0 Å². The summed E-state index contributed by atoms with van der Waals surface area (Å²) >= 11 is 0. The molecular formula is C20H42P. The van der Waals surface area contributed by atoms with Gasteiger partial charge >= 0.3 is 0 Å². The third-order valence-corrected chi connectivity index (χ3v) is 5.60. The average Bonchev–Trinajstić information content (AvgIpc) is 2.50. The van der Waals surface area contributed by atoms with Gasteiger partial charge < -0.3 is 0 Å². The van der Waals surface area contributed by atoms with Crippen LogP contribution >= 0.6 is 8.58 Å². The van der Waals surface area contributed by atoms with E-state index >= 15 is 0 Å². The second-order valence-electron chi connectivity index (χ2n) is 6.62. The van der Waals surface area contributed by atoms with Crippen molar-refractivity contribution >= 4 is 8.58 Å². The van der Waals surface area contributed by atoms with Gasteiger partial charge in [0.25, 0.3) is 0 Å². The summed E-state index contributed by atoms with van der Waals surface area (Å²) in [7, 11) is 1.73. The van der Waals surface area contributed by atoms with E-state index < -0.39 is 0 Å². The van der Waals surface area contributed by atoms with Crippen LogP contribution in [-0.4, -0.2) is 12.3 Å². The van der Waals surface area contributed by atoms with E-state index in [-0.39, 0.29) is 0 Å². The number of hydrogen-bond donors (Lipinski definition) is 0. The Morgan fingerprint density at radius 3 is 1.00 bits per heavy atom. The zero-order valence-corrected chi connectivity index (χ0v) is 16.1. The lowest BCUT2D eigenvalue weighted by Gasteiger charge is -2.03. The van der Waals surface area contributed by atoms with E-state index in [0.29, 0.717) is 0 Å². The minimum atomic E-state index is 1.37. The first-order valence-corrected chi connectivity index (χ1v) is 11.3. The molecule has 0 saturated carbocycles. The van der Waals surface area contributed by atoms with Gasteiger partial charge in [0.05, 0.1) is 0 Å². The van der Waals surface area contributed by atoms with E-state index in [1.54, 1.807) is 8.58 Å². The third-order valence-electron chi connectivity index (χ3n) is 4.34. The summed E-state index contributed by atoms with van der Waals surface area (Å²) in [4.78, 5) is 0. The Kier molecular flexibility index (Phi) is 20.8. The van der Waals surface area contributed by atoms with Crippen LogP contribution in [0.15, 0.2) is 0 Å². The molecule has 1 heteroatoms. The topological polar surface area (TPSA) is 0 Å². The molecule has 0 amide bonds. The molecule has 0 N–H and O–H groups in total. The Labute approximate surface area is 138 Å². The largest absolute Gasteiger partial charge is 0.0810 e. The van der Waals surface area contributed by atoms with Crippen LogP contribution in [0.4, 0.5) is 0 Å². The molecule has 0 aliphatic heterocycles. The molecule has 0 spiro atoms. The molecule has 0 atom stereocenters. The van der Waals surface area contributed by atoms with E-state index in [1.165, 1.54) is 115 Å². The maximum Gasteiger partial charge on any atom is -0.0287 e. The quantitative estimate of drug-likeness (QED) is 0.177. The number of unbranched alkanes of at least 4 members (excludes halogenated alkanes) is 14. The summed E-state index contributed by atoms with van der Waals surface area (Å²) in [6, 6.07) is 0. The highest BCUT2D eigenvalue weighted by Gasteiger charge is 1.94. The number of hydrogen-bond acceptors (Lipinski definition) is 0. The summed E-state index contributed by atoms with van der Waals surface area (Å²) in [5, 5.41) is 0. The van der Waals surface area contributed by atoms with Crippen LogP contribution in [0.1, 0.15) is 117 Å². The maximum atomic E-state index is 2.30. The van der Waals surface area contributed by atoms with Crippen molar-refractivity contribution < 1.29 is 0 Å². The highest BCUT2D eigenvalue weighted by Crippen LogP contribution is 2.18. The van der Waals surface area contributed by atoms with Crippen molar-refractivity contribution in [2.24, 2.45) is 0 Å². The van der Waals surface area contributed by atoms with Gasteiger partial charge in [-0.2, -0.15) is 0 Å². The molecular weight excluding hydrogens is 271 g/mol. The number of rotatable bonds is 18. The molecule has 0 rings (SSSR count). The summed E-state index contributed by atoms with van der Waals surface area (Å²) in [5.74, 6) is 0. The predicted molar refractivity (Wildman–Crippen MR) is 102 cm³/mol. The predicted octanol–water partition coefficient (Wildman–Crippen LogP) is 8.21. The van der Waals surface area contributed by atoms with E-state index in [0.717, 1.165) is 0 Å². The molecule has 0 aliphatic carbocycles. The fourth-order valence-electron chi connectivity index (χ4n) is 2.83. The van der Waals surface area contributed by atoms with E-state index in [9.17, 15) is 0 Å². The van der Waals surface area contributed by atoms with Crippen LogP contribution in [-0.2, 0) is 0 Å². The Balaban J connectivity index is 2.90. The smallest absolute Gasteiger partial charge is 0.0287 e. The van der Waals surface area contributed by atoms with Crippen LogP contribution in [0.5, 0.6) is 0 Å². The first kappa shape index (κ1) is 21.4. The Morgan fingerprint density at radius 2 is 0.667 bits per heavy atom. The molecule has 0 fully saturated rings. The molecule has 0 aromatic rings. The van der Waals surface area contributed by atoms with Gasteiger partial charge in [-0.15, -0.1) is 0 Å². The van der Waals surface area contributed by atoms with E-state index in [4.69, 9.17) is 0 Å². The minimum Gasteiger partial charge on any atom is -0.0810 e. The molecule has 0 bridgehead atoms. The average molecular weight is 314 g/mol. The van der Waals surface area contributed by atoms with Crippen molar-refractivity contribution in [2.45, 2.75) is 117 Å². The van der Waals surface area contributed by atoms with Gasteiger partial charge in [-0.05, 0) is 25.2 Å². The molecule has 0 aliphatic rings. The normalized spacial score (nSPS) is 11.7. The van der Waals surface area contributed by atoms with E-state index in [2.05, 4.69) is 13.8 Å². The van der Waals surface area contributed by atoms with Crippen molar-refractivity contribution in [3.8, 4) is 0 Å².